The van der Waals surface area contributed by atoms with Gasteiger partial charge in [-0.05, 0) is 118 Å². The van der Waals surface area contributed by atoms with Crippen LogP contribution in [0.1, 0.15) is 70.4 Å². The summed E-state index contributed by atoms with van der Waals surface area (Å²) in [5.41, 5.74) is 26.2. The molecule has 0 amide bonds. The van der Waals surface area contributed by atoms with Crippen LogP contribution in [-0.2, 0) is 6.42 Å². The maximum absolute atomic E-state index is 6.80. The molecule has 6 unspecified atom stereocenters. The lowest BCUT2D eigenvalue weighted by Gasteiger charge is -2.35. The molecule has 0 bridgehead atoms. The van der Waals surface area contributed by atoms with Gasteiger partial charge >= 0.3 is 0 Å². The number of nitrogens with zero attached hydrogens (tertiary/aromatic N) is 3. The topological polar surface area (TPSA) is 82.9 Å². The van der Waals surface area contributed by atoms with E-state index in [2.05, 4.69) is 150 Å². The van der Waals surface area contributed by atoms with Crippen LogP contribution in [0, 0.1) is 23.7 Å². The summed E-state index contributed by atoms with van der Waals surface area (Å²) in [6.45, 7) is 7.20. The molecule has 3 heterocycles. The van der Waals surface area contributed by atoms with E-state index in [-0.39, 0.29) is 29.8 Å². The summed E-state index contributed by atoms with van der Waals surface area (Å²) in [5.74, 6) is 0.951. The second kappa shape index (κ2) is 17.8. The van der Waals surface area contributed by atoms with Gasteiger partial charge in [-0.3, -0.25) is 4.99 Å². The molecule has 1 aromatic rings. The molecule has 6 atom stereocenters. The van der Waals surface area contributed by atoms with Crippen molar-refractivity contribution in [1.29, 1.82) is 0 Å². The standard InChI is InChI=1S/C52H60N6/c1-4-6-25-47(54)44-24-11-7-10-23-43(44)39-28-30-49-46(34-39)52-50(26-17-32-56-52)58(49)41-21-14-13-20-40(35-41)57-36(3)51(55-5-2)45-33-38(27-29-48(45)57)42-22-15-12-19-37(42)18-9-8-16-31-53/h4-6,8-10,12,15-17,19,21-23,25-31,33-35,43-46,48-49,56H,7,11,13-14,18,20,24,32,53-54H2,1-3H3/b6-4-,9-8-,31-16-,47-25-,55-5?. The van der Waals surface area contributed by atoms with Crippen LogP contribution in [0.3, 0.4) is 0 Å². The van der Waals surface area contributed by atoms with Crippen molar-refractivity contribution in [2.75, 3.05) is 6.54 Å². The lowest BCUT2D eigenvalue weighted by molar-refractivity contribution is 0.346. The van der Waals surface area contributed by atoms with Crippen molar-refractivity contribution in [3.05, 3.63) is 196 Å². The predicted molar refractivity (Wildman–Crippen MR) is 243 cm³/mol. The normalized spacial score (nSPS) is 28.6. The van der Waals surface area contributed by atoms with Crippen LogP contribution < -0.4 is 16.8 Å². The summed E-state index contributed by atoms with van der Waals surface area (Å²) >= 11 is 0. The molecule has 298 valence electrons. The average Bonchev–Trinajstić information content (AvgIpc) is 3.44. The first-order chi connectivity index (χ1) is 28.5. The summed E-state index contributed by atoms with van der Waals surface area (Å²) in [6, 6.07) is 9.11. The Morgan fingerprint density at radius 1 is 0.914 bits per heavy atom. The van der Waals surface area contributed by atoms with E-state index >= 15 is 0 Å². The first kappa shape index (κ1) is 39.1. The Hall–Kier alpha value is -5.75. The van der Waals surface area contributed by atoms with Crippen molar-refractivity contribution >= 4 is 11.8 Å². The number of aliphatic imine (C=N–C) groups is 1. The second-order valence-corrected chi connectivity index (χ2v) is 16.2. The minimum atomic E-state index is 0.154. The zero-order chi connectivity index (χ0) is 40.0. The summed E-state index contributed by atoms with van der Waals surface area (Å²) in [7, 11) is 0. The van der Waals surface area contributed by atoms with Gasteiger partial charge in [0.05, 0.1) is 23.5 Å². The molecular weight excluding hydrogens is 709 g/mol. The average molecular weight is 769 g/mol. The van der Waals surface area contributed by atoms with Crippen molar-refractivity contribution in [3.8, 4) is 0 Å². The molecule has 1 aromatic carbocycles. The van der Waals surface area contributed by atoms with Crippen LogP contribution in [0.4, 0.5) is 0 Å². The van der Waals surface area contributed by atoms with E-state index in [4.69, 9.17) is 16.5 Å². The molecule has 58 heavy (non-hydrogen) atoms. The van der Waals surface area contributed by atoms with E-state index in [0.29, 0.717) is 5.92 Å². The van der Waals surface area contributed by atoms with Crippen molar-refractivity contribution in [1.82, 2.24) is 15.1 Å². The first-order valence-corrected chi connectivity index (χ1v) is 21.5. The number of nitrogens with one attached hydrogen (secondary N) is 1. The van der Waals surface area contributed by atoms with Gasteiger partial charge in [0.2, 0.25) is 0 Å². The molecule has 8 rings (SSSR count). The Kier molecular flexibility index (Phi) is 12.0. The number of allylic oxidation sites excluding steroid dienone is 18. The first-order valence-electron chi connectivity index (χ1n) is 21.5. The molecule has 7 aliphatic rings. The zero-order valence-electron chi connectivity index (χ0n) is 34.5. The molecule has 3 aliphatic heterocycles. The number of dihydropyridines is 1. The van der Waals surface area contributed by atoms with Gasteiger partial charge in [0.15, 0.2) is 0 Å². The molecule has 0 radical (unpaired) electrons. The van der Waals surface area contributed by atoms with Crippen molar-refractivity contribution < 1.29 is 0 Å². The molecule has 6 heteroatoms. The highest BCUT2D eigenvalue weighted by molar-refractivity contribution is 5.78. The summed E-state index contributed by atoms with van der Waals surface area (Å²) in [5, 5.41) is 3.83. The molecular formula is C52H60N6. The summed E-state index contributed by atoms with van der Waals surface area (Å²) < 4.78 is 0. The fourth-order valence-corrected chi connectivity index (χ4v) is 10.1. The van der Waals surface area contributed by atoms with Gasteiger partial charge in [-0.15, -0.1) is 0 Å². The third-order valence-electron chi connectivity index (χ3n) is 12.8. The monoisotopic (exact) mass is 768 g/mol. The number of nitrogens with two attached hydrogens (primary N) is 2. The van der Waals surface area contributed by atoms with Crippen molar-refractivity contribution in [2.45, 2.75) is 77.8 Å². The number of hydrogen-bond acceptors (Lipinski definition) is 6. The van der Waals surface area contributed by atoms with Gasteiger partial charge in [0.1, 0.15) is 0 Å². The molecule has 0 saturated heterocycles. The number of benzene rings is 1. The van der Waals surface area contributed by atoms with Gasteiger partial charge in [-0.25, -0.2) is 0 Å². The lowest BCUT2D eigenvalue weighted by atomic mass is 9.77. The third kappa shape index (κ3) is 7.65. The van der Waals surface area contributed by atoms with Crippen LogP contribution >= 0.6 is 0 Å². The fourth-order valence-electron chi connectivity index (χ4n) is 10.1. The third-order valence-corrected chi connectivity index (χ3v) is 12.8. The van der Waals surface area contributed by atoms with Crippen LogP contribution in [0.25, 0.3) is 5.57 Å². The van der Waals surface area contributed by atoms with E-state index < -0.39 is 0 Å². The fraction of sp³-hybridized carbons (Fsp3) is 0.327. The van der Waals surface area contributed by atoms with Crippen molar-refractivity contribution in [3.63, 3.8) is 0 Å². The van der Waals surface area contributed by atoms with E-state index in [1.54, 1.807) is 6.20 Å². The molecule has 6 nitrogen and oxygen atoms in total. The van der Waals surface area contributed by atoms with Gasteiger partial charge in [-0.2, -0.15) is 0 Å². The van der Waals surface area contributed by atoms with Crippen molar-refractivity contribution in [2.24, 2.45) is 40.1 Å². The Balaban J connectivity index is 1.11. The van der Waals surface area contributed by atoms with Crippen LogP contribution in [0.2, 0.25) is 0 Å². The molecule has 0 fully saturated rings. The van der Waals surface area contributed by atoms with Gasteiger partial charge < -0.3 is 26.6 Å². The van der Waals surface area contributed by atoms with E-state index in [0.717, 1.165) is 62.9 Å². The minimum Gasteiger partial charge on any atom is -0.405 e. The van der Waals surface area contributed by atoms with Crippen LogP contribution in [0.5, 0.6) is 0 Å². The lowest BCUT2D eigenvalue weighted by Crippen LogP contribution is -2.35. The molecule has 0 saturated carbocycles. The number of hydrogen-bond donors (Lipinski definition) is 3. The molecule has 0 spiro atoms. The number of fused-ring (bicyclic) bond motifs is 3. The van der Waals surface area contributed by atoms with E-state index in [1.165, 1.54) is 50.8 Å². The Bertz CT molecular complexity index is 2220. The largest absolute Gasteiger partial charge is 0.405 e. The molecule has 0 aromatic heterocycles. The van der Waals surface area contributed by atoms with Gasteiger partial charge in [-0.1, -0.05) is 109 Å². The molecule has 4 aliphatic carbocycles. The van der Waals surface area contributed by atoms with Gasteiger partial charge in [0, 0.05) is 64.9 Å². The molecule has 5 N–H and O–H groups in total. The van der Waals surface area contributed by atoms with Crippen LogP contribution in [-0.4, -0.2) is 34.6 Å². The smallest absolute Gasteiger partial charge is 0.0684 e. The highest BCUT2D eigenvalue weighted by Gasteiger charge is 2.44. The van der Waals surface area contributed by atoms with Crippen LogP contribution in [0.15, 0.2) is 190 Å². The van der Waals surface area contributed by atoms with E-state index in [9.17, 15) is 0 Å². The second-order valence-electron chi connectivity index (χ2n) is 16.2. The number of rotatable bonds is 10. The predicted octanol–water partition coefficient (Wildman–Crippen LogP) is 10.3. The minimum absolute atomic E-state index is 0.154. The summed E-state index contributed by atoms with van der Waals surface area (Å²) in [6.07, 6.45) is 52.3. The Labute approximate surface area is 346 Å². The zero-order valence-corrected chi connectivity index (χ0v) is 34.5. The SMILES string of the molecule is CC=NC1=C(C)N(C2=CC(N3C4=C(NCC=C4)C4C=C(C5C=CCCCC5/C(N)=C/C=C\C)C=CC43)=CCCC2)C2C=CC(c3ccccc3C/C=C\C=C/N)=CC12. The van der Waals surface area contributed by atoms with Gasteiger partial charge in [0.25, 0.3) is 0 Å². The highest BCUT2D eigenvalue weighted by atomic mass is 15.3. The summed E-state index contributed by atoms with van der Waals surface area (Å²) in [4.78, 5) is 10.3. The van der Waals surface area contributed by atoms with E-state index in [1.807, 2.05) is 25.3 Å². The quantitative estimate of drug-likeness (QED) is 0.125. The Morgan fingerprint density at radius 2 is 1.78 bits per heavy atom. The maximum Gasteiger partial charge on any atom is 0.0684 e. The maximum atomic E-state index is 6.80. The highest BCUT2D eigenvalue weighted by Crippen LogP contribution is 2.48. The Morgan fingerprint density at radius 3 is 2.64 bits per heavy atom.